The van der Waals surface area contributed by atoms with Crippen molar-refractivity contribution in [2.24, 2.45) is 5.92 Å². The molecule has 0 bridgehead atoms. The van der Waals surface area contributed by atoms with Gasteiger partial charge in [0.25, 0.3) is 0 Å². The highest BCUT2D eigenvalue weighted by Crippen LogP contribution is 2.42. The van der Waals surface area contributed by atoms with Crippen LogP contribution in [0.3, 0.4) is 0 Å². The molecule has 1 fully saturated rings. The number of rotatable bonds is 4. The van der Waals surface area contributed by atoms with Gasteiger partial charge in [-0.1, -0.05) is 37.6 Å². The number of hydrogen-bond acceptors (Lipinski definition) is 1. The lowest BCUT2D eigenvalue weighted by atomic mass is 9.67. The summed E-state index contributed by atoms with van der Waals surface area (Å²) in [6.45, 7) is 5.68. The molecule has 1 aliphatic carbocycles. The number of hydrogen-bond donors (Lipinski definition) is 1. The Morgan fingerprint density at radius 1 is 1.44 bits per heavy atom. The Bertz CT molecular complexity index is 350. The third kappa shape index (κ3) is 2.41. The van der Waals surface area contributed by atoms with E-state index < -0.39 is 0 Å². The molecule has 0 amide bonds. The lowest BCUT2D eigenvalue weighted by Crippen LogP contribution is -2.48. The Morgan fingerprint density at radius 3 is 2.88 bits per heavy atom. The second-order valence-corrected chi connectivity index (χ2v) is 5.25. The lowest BCUT2D eigenvalue weighted by molar-refractivity contribution is 0.185. The third-order valence-electron chi connectivity index (χ3n) is 3.71. The molecule has 0 aliphatic heterocycles. The average molecular weight is 238 g/mol. The molecule has 1 nitrogen and oxygen atoms in total. The molecule has 1 N–H and O–H groups in total. The zero-order chi connectivity index (χ0) is 11.5. The zero-order valence-electron chi connectivity index (χ0n) is 10.0. The van der Waals surface area contributed by atoms with Gasteiger partial charge in [0.15, 0.2) is 0 Å². The van der Waals surface area contributed by atoms with Crippen LogP contribution in [0.2, 0.25) is 5.02 Å². The second-order valence-electron chi connectivity index (χ2n) is 4.82. The topological polar surface area (TPSA) is 12.0 Å². The minimum Gasteiger partial charge on any atom is -0.314 e. The maximum Gasteiger partial charge on any atom is 0.0408 e. The average Bonchev–Trinajstić information content (AvgIpc) is 2.27. The van der Waals surface area contributed by atoms with E-state index in [4.69, 9.17) is 11.6 Å². The molecule has 0 heterocycles. The third-order valence-corrected chi connectivity index (χ3v) is 3.95. The quantitative estimate of drug-likeness (QED) is 0.839. The Morgan fingerprint density at radius 2 is 2.25 bits per heavy atom. The molecule has 3 unspecified atom stereocenters. The summed E-state index contributed by atoms with van der Waals surface area (Å²) >= 11 is 6.02. The van der Waals surface area contributed by atoms with Gasteiger partial charge < -0.3 is 5.32 Å². The van der Waals surface area contributed by atoms with E-state index in [1.807, 2.05) is 6.07 Å². The Labute approximate surface area is 103 Å². The normalized spacial score (nSPS) is 28.8. The van der Waals surface area contributed by atoms with Gasteiger partial charge in [-0.2, -0.15) is 0 Å². The first-order valence-electron chi connectivity index (χ1n) is 6.21. The predicted octanol–water partition coefficient (Wildman–Crippen LogP) is 3.83. The minimum absolute atomic E-state index is 0.688. The molecule has 0 saturated heterocycles. The van der Waals surface area contributed by atoms with Crippen molar-refractivity contribution in [2.75, 3.05) is 6.54 Å². The van der Waals surface area contributed by atoms with Gasteiger partial charge in [0.05, 0.1) is 0 Å². The fourth-order valence-electron chi connectivity index (χ4n) is 2.56. The Balaban J connectivity index is 1.94. The molecule has 88 valence electrons. The molecule has 2 rings (SSSR count). The fraction of sp³-hybridized carbons (Fsp3) is 0.571. The van der Waals surface area contributed by atoms with E-state index in [0.717, 1.165) is 17.5 Å². The van der Waals surface area contributed by atoms with E-state index in [1.54, 1.807) is 0 Å². The van der Waals surface area contributed by atoms with E-state index in [9.17, 15) is 0 Å². The summed E-state index contributed by atoms with van der Waals surface area (Å²) < 4.78 is 0. The van der Waals surface area contributed by atoms with Crippen LogP contribution in [0, 0.1) is 5.92 Å². The van der Waals surface area contributed by atoms with Crippen molar-refractivity contribution in [1.82, 2.24) is 5.32 Å². The van der Waals surface area contributed by atoms with Gasteiger partial charge in [0.1, 0.15) is 0 Å². The van der Waals surface area contributed by atoms with Gasteiger partial charge >= 0.3 is 0 Å². The Hall–Kier alpha value is -0.530. The molecular weight excluding hydrogens is 218 g/mol. The van der Waals surface area contributed by atoms with Crippen LogP contribution in [-0.2, 0) is 0 Å². The van der Waals surface area contributed by atoms with Crippen molar-refractivity contribution >= 4 is 11.6 Å². The monoisotopic (exact) mass is 237 g/mol. The van der Waals surface area contributed by atoms with Crippen molar-refractivity contribution in [3.63, 3.8) is 0 Å². The first-order valence-corrected chi connectivity index (χ1v) is 6.59. The van der Waals surface area contributed by atoms with Crippen LogP contribution in [0.1, 0.15) is 38.2 Å². The summed E-state index contributed by atoms with van der Waals surface area (Å²) in [5.41, 5.74) is 1.40. The second kappa shape index (κ2) is 5.20. The molecule has 2 heteroatoms. The molecule has 3 atom stereocenters. The summed E-state index contributed by atoms with van der Waals surface area (Å²) in [5.74, 6) is 1.41. The van der Waals surface area contributed by atoms with Crippen molar-refractivity contribution in [3.05, 3.63) is 34.9 Å². The van der Waals surface area contributed by atoms with Crippen LogP contribution in [0.15, 0.2) is 24.3 Å². The molecule has 1 aromatic rings. The number of benzene rings is 1. The summed E-state index contributed by atoms with van der Waals surface area (Å²) in [6.07, 6.45) is 2.46. The van der Waals surface area contributed by atoms with E-state index in [0.29, 0.717) is 12.0 Å². The molecule has 16 heavy (non-hydrogen) atoms. The summed E-state index contributed by atoms with van der Waals surface area (Å²) in [6, 6.07) is 9.00. The van der Waals surface area contributed by atoms with Crippen molar-refractivity contribution in [1.29, 1.82) is 0 Å². The van der Waals surface area contributed by atoms with Crippen molar-refractivity contribution in [2.45, 2.75) is 38.6 Å². The van der Waals surface area contributed by atoms with Crippen molar-refractivity contribution < 1.29 is 0 Å². The molecule has 0 spiro atoms. The van der Waals surface area contributed by atoms with Gasteiger partial charge in [-0.05, 0) is 48.9 Å². The smallest absolute Gasteiger partial charge is 0.0408 e. The predicted molar refractivity (Wildman–Crippen MR) is 70.1 cm³/mol. The first-order chi connectivity index (χ1) is 7.72. The van der Waals surface area contributed by atoms with E-state index in [-0.39, 0.29) is 0 Å². The van der Waals surface area contributed by atoms with Crippen LogP contribution in [-0.4, -0.2) is 12.6 Å². The number of nitrogens with one attached hydrogen (secondary N) is 1. The molecular formula is C14H20ClN. The molecule has 1 aliphatic rings. The van der Waals surface area contributed by atoms with Gasteiger partial charge in [-0.15, -0.1) is 0 Å². The van der Waals surface area contributed by atoms with Crippen LogP contribution in [0.5, 0.6) is 0 Å². The van der Waals surface area contributed by atoms with Gasteiger partial charge in [0, 0.05) is 11.1 Å². The summed E-state index contributed by atoms with van der Waals surface area (Å²) in [7, 11) is 0. The molecule has 0 aromatic heterocycles. The summed E-state index contributed by atoms with van der Waals surface area (Å²) in [5, 5.41) is 4.46. The highest BCUT2D eigenvalue weighted by molar-refractivity contribution is 6.30. The molecule has 1 aromatic carbocycles. The molecule has 0 radical (unpaired) electrons. The van der Waals surface area contributed by atoms with Gasteiger partial charge in [-0.3, -0.25) is 0 Å². The lowest BCUT2D eigenvalue weighted by Gasteiger charge is -2.44. The van der Waals surface area contributed by atoms with Crippen LogP contribution < -0.4 is 5.32 Å². The largest absolute Gasteiger partial charge is 0.314 e. The van der Waals surface area contributed by atoms with E-state index in [1.165, 1.54) is 18.4 Å². The zero-order valence-corrected chi connectivity index (χ0v) is 10.8. The Kier molecular flexibility index (Phi) is 3.88. The SMILES string of the molecule is CCCNC1CC(c2cccc(Cl)c2)C1C. The van der Waals surface area contributed by atoms with Crippen LogP contribution in [0.25, 0.3) is 0 Å². The highest BCUT2D eigenvalue weighted by atomic mass is 35.5. The standard InChI is InChI=1S/C14H20ClN/c1-3-7-16-14-9-13(10(14)2)11-5-4-6-12(15)8-11/h4-6,8,10,13-14,16H,3,7,9H2,1-2H3. The maximum absolute atomic E-state index is 6.02. The van der Waals surface area contributed by atoms with Gasteiger partial charge in [0.2, 0.25) is 0 Å². The van der Waals surface area contributed by atoms with Crippen LogP contribution in [0.4, 0.5) is 0 Å². The number of halogens is 1. The molecule has 1 saturated carbocycles. The highest BCUT2D eigenvalue weighted by Gasteiger charge is 2.37. The maximum atomic E-state index is 6.02. The minimum atomic E-state index is 0.688. The first kappa shape index (κ1) is 11.9. The van der Waals surface area contributed by atoms with E-state index in [2.05, 4.69) is 37.4 Å². The van der Waals surface area contributed by atoms with Crippen molar-refractivity contribution in [3.8, 4) is 0 Å². The van der Waals surface area contributed by atoms with E-state index >= 15 is 0 Å². The van der Waals surface area contributed by atoms with Crippen LogP contribution >= 0.6 is 11.6 Å². The fourth-order valence-corrected chi connectivity index (χ4v) is 2.76. The van der Waals surface area contributed by atoms with Gasteiger partial charge in [-0.25, -0.2) is 0 Å². The summed E-state index contributed by atoms with van der Waals surface area (Å²) in [4.78, 5) is 0.